The normalized spacial score (nSPS) is 11.3. The first-order valence-electron chi connectivity index (χ1n) is 5.74. The van der Waals surface area contributed by atoms with Crippen molar-refractivity contribution in [1.29, 1.82) is 0 Å². The molecule has 6 heteroatoms. The van der Waals surface area contributed by atoms with Crippen LogP contribution in [0.4, 0.5) is 5.69 Å². The fourth-order valence-corrected chi connectivity index (χ4v) is 2.76. The summed E-state index contributed by atoms with van der Waals surface area (Å²) in [5.41, 5.74) is 6.69. The molecule has 0 unspecified atom stereocenters. The van der Waals surface area contributed by atoms with Gasteiger partial charge in [-0.05, 0) is 24.3 Å². The number of para-hydroxylation sites is 1. The lowest BCUT2D eigenvalue weighted by molar-refractivity contribution is 0.594. The first-order chi connectivity index (χ1) is 9.05. The van der Waals surface area contributed by atoms with Gasteiger partial charge in [-0.25, -0.2) is 8.42 Å². The van der Waals surface area contributed by atoms with Crippen LogP contribution in [-0.2, 0) is 16.6 Å². The highest BCUT2D eigenvalue weighted by atomic mass is 32.2. The van der Waals surface area contributed by atoms with E-state index in [1.54, 1.807) is 30.3 Å². The van der Waals surface area contributed by atoms with Crippen molar-refractivity contribution in [2.45, 2.75) is 11.4 Å². The smallest absolute Gasteiger partial charge is 0.265 e. The largest absolute Gasteiger partial charge is 0.325 e. The molecular formula is C13H15N3O2S. The molecule has 0 bridgehead atoms. The SMILES string of the molecule is CN(c1ccccc1)S(=O)(=O)c1ccc(CN)nc1. The van der Waals surface area contributed by atoms with Crippen LogP contribution >= 0.6 is 0 Å². The zero-order chi connectivity index (χ0) is 13.9. The Kier molecular flexibility index (Phi) is 3.82. The van der Waals surface area contributed by atoms with Gasteiger partial charge in [0, 0.05) is 19.8 Å². The summed E-state index contributed by atoms with van der Waals surface area (Å²) >= 11 is 0. The predicted molar refractivity (Wildman–Crippen MR) is 74.2 cm³/mol. The number of sulfonamides is 1. The number of pyridine rings is 1. The van der Waals surface area contributed by atoms with E-state index in [1.807, 2.05) is 6.07 Å². The molecule has 0 saturated heterocycles. The third kappa shape index (κ3) is 2.74. The number of anilines is 1. The first-order valence-corrected chi connectivity index (χ1v) is 7.18. The van der Waals surface area contributed by atoms with Crippen molar-refractivity contribution in [2.75, 3.05) is 11.4 Å². The molecule has 0 saturated carbocycles. The molecule has 0 radical (unpaired) electrons. The number of benzene rings is 1. The predicted octanol–water partition coefficient (Wildman–Crippen LogP) is 1.37. The van der Waals surface area contributed by atoms with E-state index in [1.165, 1.54) is 23.6 Å². The maximum Gasteiger partial charge on any atom is 0.265 e. The lowest BCUT2D eigenvalue weighted by Gasteiger charge is -2.19. The molecule has 5 nitrogen and oxygen atoms in total. The van der Waals surface area contributed by atoms with Crippen molar-refractivity contribution in [3.8, 4) is 0 Å². The highest BCUT2D eigenvalue weighted by Crippen LogP contribution is 2.20. The maximum absolute atomic E-state index is 12.4. The molecule has 100 valence electrons. The van der Waals surface area contributed by atoms with E-state index in [0.717, 1.165) is 0 Å². The standard InChI is InChI=1S/C13H15N3O2S/c1-16(12-5-3-2-4-6-12)19(17,18)13-8-7-11(9-14)15-10-13/h2-8,10H,9,14H2,1H3. The monoisotopic (exact) mass is 277 g/mol. The Bertz CT molecular complexity index is 639. The number of rotatable bonds is 4. The van der Waals surface area contributed by atoms with Crippen LogP contribution in [0.25, 0.3) is 0 Å². The maximum atomic E-state index is 12.4. The van der Waals surface area contributed by atoms with Crippen LogP contribution < -0.4 is 10.0 Å². The van der Waals surface area contributed by atoms with Crippen LogP contribution in [0.1, 0.15) is 5.69 Å². The lowest BCUT2D eigenvalue weighted by atomic mass is 10.3. The van der Waals surface area contributed by atoms with Crippen LogP contribution in [0.15, 0.2) is 53.6 Å². The van der Waals surface area contributed by atoms with Gasteiger partial charge in [0.15, 0.2) is 0 Å². The van der Waals surface area contributed by atoms with Gasteiger partial charge in [-0.15, -0.1) is 0 Å². The summed E-state index contributed by atoms with van der Waals surface area (Å²) < 4.78 is 26.0. The van der Waals surface area contributed by atoms with E-state index >= 15 is 0 Å². The van der Waals surface area contributed by atoms with Crippen molar-refractivity contribution in [1.82, 2.24) is 4.98 Å². The molecule has 0 amide bonds. The van der Waals surface area contributed by atoms with Gasteiger partial charge < -0.3 is 5.73 Å². The number of hydrogen-bond donors (Lipinski definition) is 1. The van der Waals surface area contributed by atoms with Crippen LogP contribution in [0, 0.1) is 0 Å². The molecule has 2 aromatic rings. The van der Waals surface area contributed by atoms with E-state index < -0.39 is 10.0 Å². The zero-order valence-corrected chi connectivity index (χ0v) is 11.3. The highest BCUT2D eigenvalue weighted by molar-refractivity contribution is 7.92. The van der Waals surface area contributed by atoms with Crippen molar-refractivity contribution in [2.24, 2.45) is 5.73 Å². The summed E-state index contributed by atoms with van der Waals surface area (Å²) in [5.74, 6) is 0. The van der Waals surface area contributed by atoms with Gasteiger partial charge in [-0.1, -0.05) is 18.2 Å². The van der Waals surface area contributed by atoms with Gasteiger partial charge >= 0.3 is 0 Å². The fourth-order valence-electron chi connectivity index (χ4n) is 1.62. The Morgan fingerprint density at radius 2 is 1.84 bits per heavy atom. The van der Waals surface area contributed by atoms with Gasteiger partial charge in [0.2, 0.25) is 0 Å². The Morgan fingerprint density at radius 3 is 2.37 bits per heavy atom. The van der Waals surface area contributed by atoms with Crippen molar-refractivity contribution >= 4 is 15.7 Å². The van der Waals surface area contributed by atoms with Gasteiger partial charge in [0.05, 0.1) is 11.4 Å². The third-order valence-corrected chi connectivity index (χ3v) is 4.55. The molecule has 1 aromatic heterocycles. The molecular weight excluding hydrogens is 262 g/mol. The molecule has 2 rings (SSSR count). The Balaban J connectivity index is 2.36. The van der Waals surface area contributed by atoms with E-state index in [9.17, 15) is 8.42 Å². The Morgan fingerprint density at radius 1 is 1.16 bits per heavy atom. The van der Waals surface area contributed by atoms with Crippen molar-refractivity contribution in [3.05, 3.63) is 54.4 Å². The molecule has 0 aliphatic carbocycles. The average molecular weight is 277 g/mol. The molecule has 19 heavy (non-hydrogen) atoms. The van der Waals surface area contributed by atoms with E-state index in [2.05, 4.69) is 4.98 Å². The van der Waals surface area contributed by atoms with Crippen molar-refractivity contribution in [3.63, 3.8) is 0 Å². The van der Waals surface area contributed by atoms with E-state index in [0.29, 0.717) is 11.4 Å². The zero-order valence-electron chi connectivity index (χ0n) is 10.5. The minimum Gasteiger partial charge on any atom is -0.325 e. The quantitative estimate of drug-likeness (QED) is 0.915. The molecule has 2 N–H and O–H groups in total. The third-order valence-electron chi connectivity index (χ3n) is 2.78. The van der Waals surface area contributed by atoms with Gasteiger partial charge in [-0.2, -0.15) is 0 Å². The minimum atomic E-state index is -3.59. The molecule has 0 spiro atoms. The highest BCUT2D eigenvalue weighted by Gasteiger charge is 2.21. The summed E-state index contributed by atoms with van der Waals surface area (Å²) in [6.45, 7) is 0.287. The fraction of sp³-hybridized carbons (Fsp3) is 0.154. The summed E-state index contributed by atoms with van der Waals surface area (Å²) in [5, 5.41) is 0. The second-order valence-corrected chi connectivity index (χ2v) is 5.97. The number of nitrogens with two attached hydrogens (primary N) is 1. The minimum absolute atomic E-state index is 0.149. The van der Waals surface area contributed by atoms with Gasteiger partial charge in [0.25, 0.3) is 10.0 Å². The first kappa shape index (κ1) is 13.5. The second kappa shape index (κ2) is 5.38. The average Bonchev–Trinajstić information content (AvgIpc) is 2.47. The summed E-state index contributed by atoms with van der Waals surface area (Å²) in [4.78, 5) is 4.16. The summed E-state index contributed by atoms with van der Waals surface area (Å²) in [6.07, 6.45) is 1.33. The van der Waals surface area contributed by atoms with Crippen LogP contribution in [-0.4, -0.2) is 20.4 Å². The van der Waals surface area contributed by atoms with Gasteiger partial charge in [-0.3, -0.25) is 9.29 Å². The van der Waals surface area contributed by atoms with Crippen LogP contribution in [0.2, 0.25) is 0 Å². The summed E-state index contributed by atoms with van der Waals surface area (Å²) in [7, 11) is -2.07. The van der Waals surface area contributed by atoms with Gasteiger partial charge in [0.1, 0.15) is 4.90 Å². The molecule has 0 atom stereocenters. The lowest BCUT2D eigenvalue weighted by Crippen LogP contribution is -2.26. The summed E-state index contributed by atoms with van der Waals surface area (Å²) in [6, 6.07) is 12.0. The Hall–Kier alpha value is -1.92. The van der Waals surface area contributed by atoms with Crippen molar-refractivity contribution < 1.29 is 8.42 Å². The van der Waals surface area contributed by atoms with Crippen LogP contribution in [0.3, 0.4) is 0 Å². The molecule has 1 aromatic carbocycles. The molecule has 1 heterocycles. The molecule has 0 aliphatic rings. The number of aromatic nitrogens is 1. The Labute approximate surface area is 112 Å². The topological polar surface area (TPSA) is 76.3 Å². The second-order valence-electron chi connectivity index (χ2n) is 4.00. The number of hydrogen-bond acceptors (Lipinski definition) is 4. The molecule has 0 aliphatic heterocycles. The number of nitrogens with zero attached hydrogens (tertiary/aromatic N) is 2. The molecule has 0 fully saturated rings. The van der Waals surface area contributed by atoms with E-state index in [4.69, 9.17) is 5.73 Å². The van der Waals surface area contributed by atoms with E-state index in [-0.39, 0.29) is 11.4 Å². The van der Waals surface area contributed by atoms with Crippen LogP contribution in [0.5, 0.6) is 0 Å².